The Bertz CT molecular complexity index is 1440. The molecule has 5 atom stereocenters. The first-order valence-electron chi connectivity index (χ1n) is 9.77. The van der Waals surface area contributed by atoms with Crippen LogP contribution in [0.15, 0.2) is 50.6 Å². The van der Waals surface area contributed by atoms with Gasteiger partial charge in [-0.3, -0.25) is 18.5 Å². The Hall–Kier alpha value is -2.49. The van der Waals surface area contributed by atoms with Crippen LogP contribution in [0, 0.1) is 0 Å². The normalized spacial score (nSPS) is 24.6. The molecule has 0 spiro atoms. The average molecular weight is 535 g/mol. The Morgan fingerprint density at radius 1 is 1.06 bits per heavy atom. The SMILES string of the molecule is O=c1ccn([C@@H]2O[C@H](COP(=O)(O)OP(=O)(O)O)[C@@H](O)[C@H]2O)c(=O)n1Cc1noc2ccccc12. The lowest BCUT2D eigenvalue weighted by molar-refractivity contribution is -0.0547. The zero-order chi connectivity index (χ0) is 25.5. The highest BCUT2D eigenvalue weighted by atomic mass is 31.3. The second kappa shape index (κ2) is 9.52. The highest BCUT2D eigenvalue weighted by Crippen LogP contribution is 2.57. The number of hydrogen-bond donors (Lipinski definition) is 5. The Labute approximate surface area is 194 Å². The van der Waals surface area contributed by atoms with Crippen molar-refractivity contribution in [3.05, 3.63) is 63.1 Å². The quantitative estimate of drug-likeness (QED) is 0.219. The highest BCUT2D eigenvalue weighted by Gasteiger charge is 2.46. The molecule has 4 rings (SSSR count). The van der Waals surface area contributed by atoms with Gasteiger partial charge in [-0.25, -0.2) is 13.9 Å². The van der Waals surface area contributed by atoms with E-state index in [4.69, 9.17) is 19.0 Å². The van der Waals surface area contributed by atoms with Gasteiger partial charge in [-0.2, -0.15) is 4.31 Å². The number of aliphatic hydroxyl groups excluding tert-OH is 2. The molecule has 1 unspecified atom stereocenters. The number of aromatic nitrogens is 3. The number of fused-ring (bicyclic) bond motifs is 1. The molecule has 1 saturated heterocycles. The van der Waals surface area contributed by atoms with Gasteiger partial charge in [0.1, 0.15) is 24.0 Å². The van der Waals surface area contributed by atoms with E-state index in [1.165, 1.54) is 0 Å². The van der Waals surface area contributed by atoms with E-state index in [0.29, 0.717) is 16.7 Å². The molecule has 18 heteroatoms. The van der Waals surface area contributed by atoms with Crippen molar-refractivity contribution in [1.82, 2.24) is 14.3 Å². The summed E-state index contributed by atoms with van der Waals surface area (Å²) < 4.78 is 42.6. The first-order chi connectivity index (χ1) is 16.4. The van der Waals surface area contributed by atoms with Crippen LogP contribution in [0.2, 0.25) is 0 Å². The maximum atomic E-state index is 13.0. The van der Waals surface area contributed by atoms with Gasteiger partial charge in [0, 0.05) is 17.6 Å². The molecule has 1 aliphatic rings. The van der Waals surface area contributed by atoms with Gasteiger partial charge in [-0.15, -0.1) is 0 Å². The maximum Gasteiger partial charge on any atom is 0.481 e. The van der Waals surface area contributed by atoms with Crippen molar-refractivity contribution in [3.8, 4) is 0 Å². The minimum absolute atomic E-state index is 0.277. The summed E-state index contributed by atoms with van der Waals surface area (Å²) in [6, 6.07) is 7.80. The topological polar surface area (TPSA) is 233 Å². The van der Waals surface area contributed by atoms with Crippen LogP contribution in [0.5, 0.6) is 0 Å². The lowest BCUT2D eigenvalue weighted by Gasteiger charge is -2.19. The van der Waals surface area contributed by atoms with Gasteiger partial charge in [-0.05, 0) is 12.1 Å². The number of phosphoric ester groups is 1. The summed E-state index contributed by atoms with van der Waals surface area (Å²) in [4.78, 5) is 52.1. The second-order valence-corrected chi connectivity index (χ2v) is 10.3. The van der Waals surface area contributed by atoms with Gasteiger partial charge >= 0.3 is 21.3 Å². The molecular weight excluding hydrogens is 516 g/mol. The zero-order valence-electron chi connectivity index (χ0n) is 17.4. The fourth-order valence-corrected chi connectivity index (χ4v) is 5.09. The van der Waals surface area contributed by atoms with Crippen LogP contribution in [0.25, 0.3) is 11.0 Å². The van der Waals surface area contributed by atoms with Crippen molar-refractivity contribution in [3.63, 3.8) is 0 Å². The first kappa shape index (κ1) is 25.6. The summed E-state index contributed by atoms with van der Waals surface area (Å²) >= 11 is 0. The number of para-hydroxylation sites is 1. The minimum Gasteiger partial charge on any atom is -0.387 e. The van der Waals surface area contributed by atoms with Crippen LogP contribution >= 0.6 is 15.6 Å². The summed E-state index contributed by atoms with van der Waals surface area (Å²) in [5.41, 5.74) is -0.890. The second-order valence-electron chi connectivity index (χ2n) is 7.44. The molecule has 0 saturated carbocycles. The third-order valence-corrected chi connectivity index (χ3v) is 7.23. The molecule has 3 aromatic rings. The molecule has 35 heavy (non-hydrogen) atoms. The maximum absolute atomic E-state index is 13.0. The van der Waals surface area contributed by atoms with E-state index in [1.807, 2.05) is 0 Å². The van der Waals surface area contributed by atoms with E-state index in [1.54, 1.807) is 24.3 Å². The number of ether oxygens (including phenoxy) is 1. The number of aliphatic hydroxyl groups is 2. The third kappa shape index (κ3) is 5.52. The lowest BCUT2D eigenvalue weighted by Crippen LogP contribution is -2.43. The van der Waals surface area contributed by atoms with E-state index in [2.05, 4.69) is 14.0 Å². The van der Waals surface area contributed by atoms with Crippen molar-refractivity contribution >= 4 is 26.6 Å². The first-order valence-corrected chi connectivity index (χ1v) is 12.8. The number of benzene rings is 1. The Morgan fingerprint density at radius 3 is 2.49 bits per heavy atom. The molecule has 0 amide bonds. The van der Waals surface area contributed by atoms with Crippen LogP contribution < -0.4 is 11.2 Å². The molecule has 190 valence electrons. The summed E-state index contributed by atoms with van der Waals surface area (Å²) in [6.45, 7) is -1.22. The van der Waals surface area contributed by atoms with E-state index < -0.39 is 58.0 Å². The number of nitrogens with zero attached hydrogens (tertiary/aromatic N) is 3. The molecule has 1 aromatic carbocycles. The average Bonchev–Trinajstić information content (AvgIpc) is 3.30. The Kier molecular flexibility index (Phi) is 6.96. The number of hydrogen-bond acceptors (Lipinski definition) is 11. The zero-order valence-corrected chi connectivity index (χ0v) is 19.2. The van der Waals surface area contributed by atoms with E-state index in [-0.39, 0.29) is 6.54 Å². The predicted octanol–water partition coefficient (Wildman–Crippen LogP) is -0.955. The van der Waals surface area contributed by atoms with E-state index in [0.717, 1.165) is 21.4 Å². The van der Waals surface area contributed by atoms with Gasteiger partial charge < -0.3 is 34.2 Å². The molecule has 2 aromatic heterocycles. The Morgan fingerprint density at radius 2 is 1.77 bits per heavy atom. The van der Waals surface area contributed by atoms with Crippen LogP contribution in [-0.4, -0.2) is 64.1 Å². The van der Waals surface area contributed by atoms with E-state index in [9.17, 15) is 33.8 Å². The monoisotopic (exact) mass is 535 g/mol. The molecule has 0 bridgehead atoms. The standard InChI is InChI=1S/C17H19N3O13P2/c21-13-5-6-19(17(24)20(13)7-10-9-3-1-2-4-11(9)32-18-10)16-15(23)14(22)12(31-16)8-30-35(28,29)33-34(25,26)27/h1-6,12,14-16,22-23H,7-8H2,(H,28,29)(H2,25,26,27)/t12-,14-,15-,16-/m1/s1. The predicted molar refractivity (Wildman–Crippen MR) is 113 cm³/mol. The van der Waals surface area contributed by atoms with Crippen molar-refractivity contribution in [2.24, 2.45) is 0 Å². The number of rotatable bonds is 8. The van der Waals surface area contributed by atoms with Crippen molar-refractivity contribution in [2.75, 3.05) is 6.61 Å². The number of phosphoric acid groups is 2. The van der Waals surface area contributed by atoms with E-state index >= 15 is 0 Å². The fourth-order valence-electron chi connectivity index (χ4n) is 3.49. The van der Waals surface area contributed by atoms with Gasteiger partial charge in [0.15, 0.2) is 11.8 Å². The molecule has 3 heterocycles. The fraction of sp³-hybridized carbons (Fsp3) is 0.353. The summed E-state index contributed by atoms with van der Waals surface area (Å²) in [5, 5.41) is 25.1. The van der Waals surface area contributed by atoms with Crippen LogP contribution in [-0.2, 0) is 29.2 Å². The molecule has 1 aliphatic heterocycles. The van der Waals surface area contributed by atoms with Gasteiger partial charge in [0.25, 0.3) is 5.56 Å². The molecule has 5 N–H and O–H groups in total. The highest BCUT2D eigenvalue weighted by molar-refractivity contribution is 7.60. The third-order valence-electron chi connectivity index (χ3n) is 5.08. The summed E-state index contributed by atoms with van der Waals surface area (Å²) in [6.07, 6.45) is -5.53. The van der Waals surface area contributed by atoms with Gasteiger partial charge in [0.05, 0.1) is 13.2 Å². The van der Waals surface area contributed by atoms with Gasteiger partial charge in [-0.1, -0.05) is 17.3 Å². The Balaban J connectivity index is 1.56. The largest absolute Gasteiger partial charge is 0.481 e. The van der Waals surface area contributed by atoms with Crippen molar-refractivity contribution in [1.29, 1.82) is 0 Å². The van der Waals surface area contributed by atoms with Crippen LogP contribution in [0.3, 0.4) is 0 Å². The molecule has 1 fully saturated rings. The molecule has 0 aliphatic carbocycles. The van der Waals surface area contributed by atoms with Crippen LogP contribution in [0.1, 0.15) is 11.9 Å². The summed E-state index contributed by atoms with van der Waals surface area (Å²) in [7, 11) is -10.6. The molecule has 16 nitrogen and oxygen atoms in total. The van der Waals surface area contributed by atoms with Crippen molar-refractivity contribution < 1.29 is 52.1 Å². The van der Waals surface area contributed by atoms with Gasteiger partial charge in [0.2, 0.25) is 0 Å². The summed E-state index contributed by atoms with van der Waals surface area (Å²) in [5.74, 6) is 0. The van der Waals surface area contributed by atoms with Crippen LogP contribution in [0.4, 0.5) is 0 Å². The molecule has 0 radical (unpaired) electrons. The smallest absolute Gasteiger partial charge is 0.387 e. The minimum atomic E-state index is -5.37. The molecular formula is C17H19N3O13P2. The van der Waals surface area contributed by atoms with Crippen molar-refractivity contribution in [2.45, 2.75) is 31.1 Å². The lowest BCUT2D eigenvalue weighted by atomic mass is 10.1.